The summed E-state index contributed by atoms with van der Waals surface area (Å²) < 4.78 is 2.84. The van der Waals surface area contributed by atoms with Crippen molar-refractivity contribution in [3.05, 3.63) is 46.0 Å². The van der Waals surface area contributed by atoms with Gasteiger partial charge in [-0.2, -0.15) is 5.10 Å². The van der Waals surface area contributed by atoms with Crippen LogP contribution in [0.15, 0.2) is 28.9 Å². The molecule has 0 radical (unpaired) electrons. The van der Waals surface area contributed by atoms with Crippen molar-refractivity contribution in [2.75, 3.05) is 0 Å². The topological polar surface area (TPSA) is 56.7 Å². The number of hydrogen-bond acceptors (Lipinski definition) is 3. The molecule has 0 aliphatic carbocycles. The van der Waals surface area contributed by atoms with Crippen LogP contribution >= 0.6 is 15.9 Å². The van der Waals surface area contributed by atoms with Gasteiger partial charge in [0.15, 0.2) is 0 Å². The molecule has 0 saturated carbocycles. The van der Waals surface area contributed by atoms with Gasteiger partial charge in [-0.1, -0.05) is 6.92 Å². The van der Waals surface area contributed by atoms with Crippen LogP contribution in [0.25, 0.3) is 0 Å². The lowest BCUT2D eigenvalue weighted by Crippen LogP contribution is -2.17. The summed E-state index contributed by atoms with van der Waals surface area (Å²) in [5, 5.41) is 4.41. The largest absolute Gasteiger partial charge is 0.322 e. The molecule has 2 aromatic rings. The van der Waals surface area contributed by atoms with Crippen molar-refractivity contribution in [1.82, 2.24) is 14.8 Å². The van der Waals surface area contributed by atoms with E-state index in [1.165, 1.54) is 0 Å². The van der Waals surface area contributed by atoms with Gasteiger partial charge in [0.25, 0.3) is 0 Å². The van der Waals surface area contributed by atoms with Gasteiger partial charge in [0.1, 0.15) is 0 Å². The molecule has 0 fully saturated rings. The zero-order chi connectivity index (χ0) is 13.1. The van der Waals surface area contributed by atoms with E-state index in [0.717, 1.165) is 34.4 Å². The predicted octanol–water partition coefficient (Wildman–Crippen LogP) is 2.38. The minimum atomic E-state index is -0.0727. The average molecular weight is 309 g/mol. The monoisotopic (exact) mass is 308 g/mol. The Morgan fingerprint density at radius 3 is 2.72 bits per heavy atom. The molecule has 0 bridgehead atoms. The highest BCUT2D eigenvalue weighted by Crippen LogP contribution is 2.17. The van der Waals surface area contributed by atoms with Gasteiger partial charge in [-0.05, 0) is 40.5 Å². The van der Waals surface area contributed by atoms with Crippen molar-refractivity contribution in [3.63, 3.8) is 0 Å². The maximum atomic E-state index is 6.22. The Bertz CT molecular complexity index is 518. The van der Waals surface area contributed by atoms with Crippen LogP contribution < -0.4 is 5.73 Å². The zero-order valence-corrected chi connectivity index (χ0v) is 12.2. The van der Waals surface area contributed by atoms with Gasteiger partial charge in [0.05, 0.1) is 17.4 Å². The molecule has 5 heteroatoms. The SMILES string of the molecule is CCc1cc(C(N)Cc2ccc(Br)cn2)n(C)n1. The minimum Gasteiger partial charge on any atom is -0.322 e. The molecule has 2 rings (SSSR count). The van der Waals surface area contributed by atoms with E-state index < -0.39 is 0 Å². The van der Waals surface area contributed by atoms with E-state index in [0.29, 0.717) is 0 Å². The summed E-state index contributed by atoms with van der Waals surface area (Å²) in [6, 6.07) is 5.97. The Kier molecular flexibility index (Phi) is 4.14. The van der Waals surface area contributed by atoms with E-state index in [1.807, 2.05) is 23.9 Å². The molecular weight excluding hydrogens is 292 g/mol. The van der Waals surface area contributed by atoms with Crippen molar-refractivity contribution < 1.29 is 0 Å². The second kappa shape index (κ2) is 5.63. The highest BCUT2D eigenvalue weighted by molar-refractivity contribution is 9.10. The molecule has 0 aromatic carbocycles. The fraction of sp³-hybridized carbons (Fsp3) is 0.385. The summed E-state index contributed by atoms with van der Waals surface area (Å²) in [6.07, 6.45) is 3.44. The zero-order valence-electron chi connectivity index (χ0n) is 10.6. The van der Waals surface area contributed by atoms with Crippen LogP contribution in [0.2, 0.25) is 0 Å². The number of nitrogens with zero attached hydrogens (tertiary/aromatic N) is 3. The van der Waals surface area contributed by atoms with E-state index in [-0.39, 0.29) is 6.04 Å². The first-order valence-electron chi connectivity index (χ1n) is 5.99. The van der Waals surface area contributed by atoms with Gasteiger partial charge >= 0.3 is 0 Å². The first kappa shape index (κ1) is 13.2. The van der Waals surface area contributed by atoms with E-state index in [4.69, 9.17) is 5.73 Å². The lowest BCUT2D eigenvalue weighted by molar-refractivity contribution is 0.608. The molecule has 0 aliphatic heterocycles. The van der Waals surface area contributed by atoms with Crippen molar-refractivity contribution in [2.45, 2.75) is 25.8 Å². The molecule has 0 amide bonds. The Morgan fingerprint density at radius 1 is 1.39 bits per heavy atom. The molecule has 4 nitrogen and oxygen atoms in total. The van der Waals surface area contributed by atoms with Crippen LogP contribution in [0.3, 0.4) is 0 Å². The maximum absolute atomic E-state index is 6.22. The first-order chi connectivity index (χ1) is 8.60. The third kappa shape index (κ3) is 2.97. The van der Waals surface area contributed by atoms with Gasteiger partial charge in [-0.3, -0.25) is 9.67 Å². The van der Waals surface area contributed by atoms with Gasteiger partial charge in [0, 0.05) is 29.8 Å². The standard InChI is InChI=1S/C13H17BrN4/c1-3-10-7-13(18(2)17-10)12(15)6-11-5-4-9(14)8-16-11/h4-5,7-8,12H,3,6,15H2,1-2H3. The Morgan fingerprint density at radius 2 is 2.17 bits per heavy atom. The minimum absolute atomic E-state index is 0.0727. The summed E-state index contributed by atoms with van der Waals surface area (Å²) in [4.78, 5) is 4.34. The smallest absolute Gasteiger partial charge is 0.0625 e. The third-order valence-electron chi connectivity index (χ3n) is 2.93. The molecule has 1 unspecified atom stereocenters. The summed E-state index contributed by atoms with van der Waals surface area (Å²) >= 11 is 3.37. The van der Waals surface area contributed by atoms with Crippen molar-refractivity contribution in [2.24, 2.45) is 12.8 Å². The second-order valence-electron chi connectivity index (χ2n) is 4.32. The summed E-state index contributed by atoms with van der Waals surface area (Å²) in [7, 11) is 1.93. The number of pyridine rings is 1. The van der Waals surface area contributed by atoms with Gasteiger partial charge in [-0.15, -0.1) is 0 Å². The molecule has 18 heavy (non-hydrogen) atoms. The maximum Gasteiger partial charge on any atom is 0.0625 e. The van der Waals surface area contributed by atoms with Crippen molar-refractivity contribution >= 4 is 15.9 Å². The first-order valence-corrected chi connectivity index (χ1v) is 6.78. The summed E-state index contributed by atoms with van der Waals surface area (Å²) in [5.41, 5.74) is 9.34. The molecule has 96 valence electrons. The molecular formula is C13H17BrN4. The van der Waals surface area contributed by atoms with E-state index >= 15 is 0 Å². The number of aryl methyl sites for hydroxylation is 2. The fourth-order valence-corrected chi connectivity index (χ4v) is 2.15. The number of rotatable bonds is 4. The quantitative estimate of drug-likeness (QED) is 0.943. The Hall–Kier alpha value is -1.20. The van der Waals surface area contributed by atoms with Crippen LogP contribution in [0, 0.1) is 0 Å². The number of halogens is 1. The normalized spacial score (nSPS) is 12.7. The van der Waals surface area contributed by atoms with Gasteiger partial charge in [-0.25, -0.2) is 0 Å². The van der Waals surface area contributed by atoms with E-state index in [1.54, 1.807) is 6.20 Å². The van der Waals surface area contributed by atoms with E-state index in [9.17, 15) is 0 Å². The Balaban J connectivity index is 2.13. The van der Waals surface area contributed by atoms with Gasteiger partial charge in [0.2, 0.25) is 0 Å². The van der Waals surface area contributed by atoms with Gasteiger partial charge < -0.3 is 5.73 Å². The molecule has 1 atom stereocenters. The van der Waals surface area contributed by atoms with Crippen molar-refractivity contribution in [1.29, 1.82) is 0 Å². The summed E-state index contributed by atoms with van der Waals surface area (Å²) in [6.45, 7) is 2.09. The predicted molar refractivity (Wildman–Crippen MR) is 75.2 cm³/mol. The van der Waals surface area contributed by atoms with Crippen LogP contribution in [0.4, 0.5) is 0 Å². The van der Waals surface area contributed by atoms with Crippen LogP contribution in [-0.2, 0) is 19.9 Å². The van der Waals surface area contributed by atoms with Crippen LogP contribution in [-0.4, -0.2) is 14.8 Å². The molecule has 0 saturated heterocycles. The highest BCUT2D eigenvalue weighted by Gasteiger charge is 2.13. The summed E-state index contributed by atoms with van der Waals surface area (Å²) in [5.74, 6) is 0. The molecule has 0 aliphatic rings. The Labute approximate surface area is 115 Å². The van der Waals surface area contributed by atoms with Crippen LogP contribution in [0.5, 0.6) is 0 Å². The number of hydrogen-bond donors (Lipinski definition) is 1. The van der Waals surface area contributed by atoms with Crippen LogP contribution in [0.1, 0.15) is 30.0 Å². The molecule has 2 N–H and O–H groups in total. The lowest BCUT2D eigenvalue weighted by Gasteiger charge is -2.11. The third-order valence-corrected chi connectivity index (χ3v) is 3.40. The second-order valence-corrected chi connectivity index (χ2v) is 5.23. The number of aromatic nitrogens is 3. The fourth-order valence-electron chi connectivity index (χ4n) is 1.92. The average Bonchev–Trinajstić information content (AvgIpc) is 2.73. The molecule has 0 spiro atoms. The number of nitrogens with two attached hydrogens (primary N) is 1. The molecule has 2 heterocycles. The highest BCUT2D eigenvalue weighted by atomic mass is 79.9. The lowest BCUT2D eigenvalue weighted by atomic mass is 10.1. The molecule has 2 aromatic heterocycles. The van der Waals surface area contributed by atoms with E-state index in [2.05, 4.69) is 39.0 Å². The van der Waals surface area contributed by atoms with Crippen molar-refractivity contribution in [3.8, 4) is 0 Å².